The zero-order valence-electron chi connectivity index (χ0n) is 11.8. The van der Waals surface area contributed by atoms with Gasteiger partial charge in [0, 0.05) is 0 Å². The Morgan fingerprint density at radius 3 is 2.24 bits per heavy atom. The van der Waals surface area contributed by atoms with Crippen LogP contribution in [0.1, 0.15) is 80.0 Å². The molecule has 0 radical (unpaired) electrons. The smallest absolute Gasteiger partial charge is 0.0159 e. The second kappa shape index (κ2) is 5.25. The molecule has 1 aromatic rings. The molecule has 0 bridgehead atoms. The molecular formula is C17H26. The van der Waals surface area contributed by atoms with Crippen molar-refractivity contribution in [2.45, 2.75) is 71.6 Å². The normalized spacial score (nSPS) is 17.7. The van der Waals surface area contributed by atoms with Crippen LogP contribution >= 0.6 is 0 Å². The van der Waals surface area contributed by atoms with Crippen molar-refractivity contribution >= 4 is 0 Å². The van der Waals surface area contributed by atoms with E-state index in [0.717, 1.165) is 5.92 Å². The van der Waals surface area contributed by atoms with E-state index >= 15 is 0 Å². The fraction of sp³-hybridized carbons (Fsp3) is 0.647. The molecular weight excluding hydrogens is 204 g/mol. The van der Waals surface area contributed by atoms with Crippen LogP contribution in [0.2, 0.25) is 0 Å². The van der Waals surface area contributed by atoms with E-state index in [2.05, 4.69) is 39.8 Å². The molecule has 2 rings (SSSR count). The molecule has 0 heteroatoms. The number of benzene rings is 1. The Morgan fingerprint density at radius 1 is 1.00 bits per heavy atom. The van der Waals surface area contributed by atoms with Gasteiger partial charge in [0.2, 0.25) is 0 Å². The lowest BCUT2D eigenvalue weighted by Crippen LogP contribution is -2.08. The fourth-order valence-corrected chi connectivity index (χ4v) is 3.35. The van der Waals surface area contributed by atoms with Gasteiger partial charge < -0.3 is 0 Å². The molecule has 0 amide bonds. The highest BCUT2D eigenvalue weighted by molar-refractivity contribution is 5.41. The van der Waals surface area contributed by atoms with Crippen molar-refractivity contribution in [3.63, 3.8) is 0 Å². The Balaban J connectivity index is 2.38. The maximum atomic E-state index is 2.44. The quantitative estimate of drug-likeness (QED) is 0.631. The first kappa shape index (κ1) is 12.7. The molecule has 0 heterocycles. The van der Waals surface area contributed by atoms with Crippen molar-refractivity contribution in [3.8, 4) is 0 Å². The highest BCUT2D eigenvalue weighted by Gasteiger charge is 2.19. The maximum Gasteiger partial charge on any atom is -0.0159 e. The van der Waals surface area contributed by atoms with Gasteiger partial charge in [-0.25, -0.2) is 0 Å². The summed E-state index contributed by atoms with van der Waals surface area (Å²) in [4.78, 5) is 0. The van der Waals surface area contributed by atoms with Crippen LogP contribution in [0.25, 0.3) is 0 Å². The second-order valence-corrected chi connectivity index (χ2v) is 6.06. The second-order valence-electron chi connectivity index (χ2n) is 6.06. The molecule has 0 unspecified atom stereocenters. The Kier molecular flexibility index (Phi) is 3.91. The molecule has 0 spiro atoms. The van der Waals surface area contributed by atoms with Crippen molar-refractivity contribution in [2.75, 3.05) is 0 Å². The SMILES string of the molecule is Cc1cc(C(C)C)c(C)c(C2CCCCC2)c1. The molecule has 0 atom stereocenters. The lowest BCUT2D eigenvalue weighted by molar-refractivity contribution is 0.442. The van der Waals surface area contributed by atoms with Gasteiger partial charge in [0.15, 0.2) is 0 Å². The van der Waals surface area contributed by atoms with E-state index in [1.165, 1.54) is 37.7 Å². The van der Waals surface area contributed by atoms with E-state index in [1.807, 2.05) is 0 Å². The summed E-state index contributed by atoms with van der Waals surface area (Å²) >= 11 is 0. The standard InChI is InChI=1S/C17H26/c1-12(2)16-10-13(3)11-17(14(16)4)15-8-6-5-7-9-15/h10-12,15H,5-9H2,1-4H3. The average molecular weight is 230 g/mol. The van der Waals surface area contributed by atoms with E-state index < -0.39 is 0 Å². The molecule has 0 aromatic heterocycles. The summed E-state index contributed by atoms with van der Waals surface area (Å²) < 4.78 is 0. The molecule has 0 N–H and O–H groups in total. The Labute approximate surface area is 106 Å². The van der Waals surface area contributed by atoms with Gasteiger partial charge in [0.1, 0.15) is 0 Å². The van der Waals surface area contributed by atoms with Crippen molar-refractivity contribution in [2.24, 2.45) is 0 Å². The Morgan fingerprint density at radius 2 is 1.65 bits per heavy atom. The fourth-order valence-electron chi connectivity index (χ4n) is 3.35. The zero-order valence-corrected chi connectivity index (χ0v) is 11.8. The third kappa shape index (κ3) is 2.73. The minimum atomic E-state index is 0.650. The first-order valence-corrected chi connectivity index (χ1v) is 7.20. The highest BCUT2D eigenvalue weighted by atomic mass is 14.2. The van der Waals surface area contributed by atoms with Crippen molar-refractivity contribution in [3.05, 3.63) is 34.4 Å². The van der Waals surface area contributed by atoms with Gasteiger partial charge in [-0.3, -0.25) is 0 Å². The Hall–Kier alpha value is -0.780. The summed E-state index contributed by atoms with van der Waals surface area (Å²) in [6.45, 7) is 9.20. The van der Waals surface area contributed by atoms with Gasteiger partial charge in [0.25, 0.3) is 0 Å². The molecule has 1 fully saturated rings. The average Bonchev–Trinajstić information content (AvgIpc) is 2.32. The van der Waals surface area contributed by atoms with Crippen LogP contribution in [0.15, 0.2) is 12.1 Å². The Bertz CT molecular complexity index is 381. The van der Waals surface area contributed by atoms with E-state index in [-0.39, 0.29) is 0 Å². The van der Waals surface area contributed by atoms with Crippen LogP contribution in [0.4, 0.5) is 0 Å². The van der Waals surface area contributed by atoms with Crippen LogP contribution < -0.4 is 0 Å². The molecule has 1 aliphatic rings. The maximum absolute atomic E-state index is 2.44. The zero-order chi connectivity index (χ0) is 12.4. The van der Waals surface area contributed by atoms with Gasteiger partial charge in [-0.2, -0.15) is 0 Å². The highest BCUT2D eigenvalue weighted by Crippen LogP contribution is 2.37. The summed E-state index contributed by atoms with van der Waals surface area (Å²) in [6, 6.07) is 4.82. The van der Waals surface area contributed by atoms with Gasteiger partial charge in [-0.05, 0) is 55.2 Å². The predicted octanol–water partition coefficient (Wildman–Crippen LogP) is 5.47. The van der Waals surface area contributed by atoms with Crippen molar-refractivity contribution < 1.29 is 0 Å². The summed E-state index contributed by atoms with van der Waals surface area (Å²) in [5.41, 5.74) is 6.22. The first-order valence-electron chi connectivity index (χ1n) is 7.20. The van der Waals surface area contributed by atoms with E-state index in [9.17, 15) is 0 Å². The topological polar surface area (TPSA) is 0 Å². The monoisotopic (exact) mass is 230 g/mol. The van der Waals surface area contributed by atoms with Crippen LogP contribution in [0.5, 0.6) is 0 Å². The third-order valence-electron chi connectivity index (χ3n) is 4.30. The van der Waals surface area contributed by atoms with Crippen LogP contribution in [-0.4, -0.2) is 0 Å². The third-order valence-corrected chi connectivity index (χ3v) is 4.30. The van der Waals surface area contributed by atoms with E-state index in [4.69, 9.17) is 0 Å². The number of aryl methyl sites for hydroxylation is 1. The minimum absolute atomic E-state index is 0.650. The summed E-state index contributed by atoms with van der Waals surface area (Å²) in [6.07, 6.45) is 7.10. The molecule has 0 saturated heterocycles. The minimum Gasteiger partial charge on any atom is -0.0587 e. The molecule has 17 heavy (non-hydrogen) atoms. The predicted molar refractivity (Wildman–Crippen MR) is 75.8 cm³/mol. The van der Waals surface area contributed by atoms with Gasteiger partial charge in [-0.1, -0.05) is 50.8 Å². The molecule has 1 saturated carbocycles. The van der Waals surface area contributed by atoms with Crippen LogP contribution in [-0.2, 0) is 0 Å². The summed E-state index contributed by atoms with van der Waals surface area (Å²) in [7, 11) is 0. The first-order chi connectivity index (χ1) is 8.09. The molecule has 1 aliphatic carbocycles. The summed E-state index contributed by atoms with van der Waals surface area (Å²) in [5.74, 6) is 1.48. The van der Waals surface area contributed by atoms with E-state index in [1.54, 1.807) is 16.7 Å². The lowest BCUT2D eigenvalue weighted by atomic mass is 9.79. The molecule has 94 valence electrons. The number of hydrogen-bond acceptors (Lipinski definition) is 0. The van der Waals surface area contributed by atoms with Crippen LogP contribution in [0, 0.1) is 13.8 Å². The van der Waals surface area contributed by atoms with Crippen molar-refractivity contribution in [1.29, 1.82) is 0 Å². The van der Waals surface area contributed by atoms with Gasteiger partial charge >= 0.3 is 0 Å². The van der Waals surface area contributed by atoms with Gasteiger partial charge in [-0.15, -0.1) is 0 Å². The molecule has 0 nitrogen and oxygen atoms in total. The molecule has 0 aliphatic heterocycles. The largest absolute Gasteiger partial charge is 0.0587 e. The molecule has 1 aromatic carbocycles. The van der Waals surface area contributed by atoms with Crippen molar-refractivity contribution in [1.82, 2.24) is 0 Å². The number of hydrogen-bond donors (Lipinski definition) is 0. The van der Waals surface area contributed by atoms with E-state index in [0.29, 0.717) is 5.92 Å². The lowest BCUT2D eigenvalue weighted by Gasteiger charge is -2.26. The summed E-state index contributed by atoms with van der Waals surface area (Å²) in [5, 5.41) is 0. The number of rotatable bonds is 2. The van der Waals surface area contributed by atoms with Gasteiger partial charge in [0.05, 0.1) is 0 Å². The van der Waals surface area contributed by atoms with Crippen LogP contribution in [0.3, 0.4) is 0 Å².